The Morgan fingerprint density at radius 1 is 1.30 bits per heavy atom. The van der Waals surface area contributed by atoms with Crippen molar-refractivity contribution in [3.8, 4) is 5.75 Å². The molecular weight excluding hydrogens is 282 g/mol. The van der Waals surface area contributed by atoms with Crippen LogP contribution < -0.4 is 10.1 Å². The molecule has 0 aliphatic heterocycles. The van der Waals surface area contributed by atoms with Crippen molar-refractivity contribution >= 4 is 11.3 Å². The number of thiazole rings is 1. The molecule has 0 amide bonds. The van der Waals surface area contributed by atoms with Crippen molar-refractivity contribution < 1.29 is 13.5 Å². The van der Waals surface area contributed by atoms with E-state index in [2.05, 4.69) is 22.0 Å². The van der Waals surface area contributed by atoms with E-state index >= 15 is 0 Å². The third kappa shape index (κ3) is 4.25. The number of halogens is 2. The first-order chi connectivity index (χ1) is 9.69. The van der Waals surface area contributed by atoms with Crippen molar-refractivity contribution in [3.05, 3.63) is 46.4 Å². The van der Waals surface area contributed by atoms with Gasteiger partial charge in [0.1, 0.15) is 5.75 Å². The zero-order valence-corrected chi connectivity index (χ0v) is 11.9. The molecule has 1 atom stereocenters. The average molecular weight is 298 g/mol. The lowest BCUT2D eigenvalue weighted by atomic mass is 10.0. The summed E-state index contributed by atoms with van der Waals surface area (Å²) in [6.45, 7) is -0.0230. The molecule has 2 aromatic rings. The summed E-state index contributed by atoms with van der Waals surface area (Å²) in [7, 11) is 0. The Hall–Kier alpha value is -1.53. The van der Waals surface area contributed by atoms with Gasteiger partial charge in [-0.25, -0.2) is 4.98 Å². The number of alkyl halides is 2. The van der Waals surface area contributed by atoms with Gasteiger partial charge >= 0.3 is 6.61 Å². The summed E-state index contributed by atoms with van der Waals surface area (Å²) in [6.07, 6.45) is 0.902. The maximum Gasteiger partial charge on any atom is 0.387 e. The SMILES string of the molecule is CC[C@@H](NCc1cscn1)c1ccc(OC(F)F)cc1. The Morgan fingerprint density at radius 3 is 2.60 bits per heavy atom. The Morgan fingerprint density at radius 2 is 2.05 bits per heavy atom. The van der Waals surface area contributed by atoms with Crippen LogP contribution in [0.5, 0.6) is 5.75 Å². The van der Waals surface area contributed by atoms with Crippen molar-refractivity contribution in [2.75, 3.05) is 0 Å². The summed E-state index contributed by atoms with van der Waals surface area (Å²) in [5.74, 6) is 0.179. The first kappa shape index (κ1) is 14.9. The number of rotatable bonds is 7. The van der Waals surface area contributed by atoms with Crippen LogP contribution in [0.4, 0.5) is 8.78 Å². The van der Waals surface area contributed by atoms with Crippen LogP contribution >= 0.6 is 11.3 Å². The smallest absolute Gasteiger partial charge is 0.387 e. The number of hydrogen-bond donors (Lipinski definition) is 1. The lowest BCUT2D eigenvalue weighted by Crippen LogP contribution is -2.20. The predicted octanol–water partition coefficient (Wildman–Crippen LogP) is 3.99. The summed E-state index contributed by atoms with van der Waals surface area (Å²) >= 11 is 1.56. The van der Waals surface area contributed by atoms with Crippen molar-refractivity contribution in [1.29, 1.82) is 0 Å². The highest BCUT2D eigenvalue weighted by Gasteiger charge is 2.10. The summed E-state index contributed by atoms with van der Waals surface area (Å²) < 4.78 is 28.5. The number of hydrogen-bond acceptors (Lipinski definition) is 4. The van der Waals surface area contributed by atoms with Gasteiger partial charge in [-0.05, 0) is 24.1 Å². The minimum absolute atomic E-state index is 0.164. The molecule has 3 nitrogen and oxygen atoms in total. The number of nitrogens with one attached hydrogen (secondary N) is 1. The Balaban J connectivity index is 1.96. The van der Waals surface area contributed by atoms with Gasteiger partial charge in [0.2, 0.25) is 0 Å². The van der Waals surface area contributed by atoms with E-state index in [-0.39, 0.29) is 11.8 Å². The molecule has 2 rings (SSSR count). The standard InChI is InChI=1S/C14H16F2N2OS/c1-2-13(17-7-11-8-20-9-18-11)10-3-5-12(6-4-10)19-14(15)16/h3-6,8-9,13-14,17H,2,7H2,1H3/t13-/m1/s1. The van der Waals surface area contributed by atoms with Crippen molar-refractivity contribution in [1.82, 2.24) is 10.3 Å². The van der Waals surface area contributed by atoms with Gasteiger partial charge in [0, 0.05) is 18.0 Å². The number of aromatic nitrogens is 1. The average Bonchev–Trinajstić information content (AvgIpc) is 2.94. The quantitative estimate of drug-likeness (QED) is 0.839. The molecule has 0 saturated heterocycles. The lowest BCUT2D eigenvalue weighted by Gasteiger charge is -2.17. The molecule has 0 spiro atoms. The molecule has 1 heterocycles. The molecule has 1 N–H and O–H groups in total. The highest BCUT2D eigenvalue weighted by Crippen LogP contribution is 2.21. The van der Waals surface area contributed by atoms with E-state index in [9.17, 15) is 8.78 Å². The molecule has 1 aromatic heterocycles. The zero-order valence-electron chi connectivity index (χ0n) is 11.1. The maximum atomic E-state index is 12.1. The van der Waals surface area contributed by atoms with Gasteiger partial charge in [0.15, 0.2) is 0 Å². The Labute approximate surface area is 120 Å². The monoisotopic (exact) mass is 298 g/mol. The van der Waals surface area contributed by atoms with E-state index in [1.165, 1.54) is 0 Å². The largest absolute Gasteiger partial charge is 0.435 e. The van der Waals surface area contributed by atoms with Crippen molar-refractivity contribution in [3.63, 3.8) is 0 Å². The summed E-state index contributed by atoms with van der Waals surface area (Å²) in [5.41, 5.74) is 3.85. The summed E-state index contributed by atoms with van der Waals surface area (Å²) in [6, 6.07) is 6.90. The minimum atomic E-state index is -2.79. The molecule has 0 unspecified atom stereocenters. The first-order valence-electron chi connectivity index (χ1n) is 6.34. The number of ether oxygens (including phenoxy) is 1. The van der Waals surface area contributed by atoms with Gasteiger partial charge in [-0.3, -0.25) is 0 Å². The van der Waals surface area contributed by atoms with Gasteiger partial charge < -0.3 is 10.1 Å². The fourth-order valence-corrected chi connectivity index (χ4v) is 2.49. The third-order valence-corrected chi connectivity index (χ3v) is 3.56. The maximum absolute atomic E-state index is 12.1. The van der Waals surface area contributed by atoms with Crippen molar-refractivity contribution in [2.45, 2.75) is 32.5 Å². The van der Waals surface area contributed by atoms with E-state index < -0.39 is 6.61 Å². The highest BCUT2D eigenvalue weighted by atomic mass is 32.1. The predicted molar refractivity (Wildman–Crippen MR) is 75.1 cm³/mol. The van der Waals surface area contributed by atoms with E-state index in [1.54, 1.807) is 41.1 Å². The van der Waals surface area contributed by atoms with Crippen LogP contribution in [0.3, 0.4) is 0 Å². The van der Waals surface area contributed by atoms with Crippen molar-refractivity contribution in [2.24, 2.45) is 0 Å². The van der Waals surface area contributed by atoms with Crippen LogP contribution in [0.25, 0.3) is 0 Å². The minimum Gasteiger partial charge on any atom is -0.435 e. The molecule has 0 aliphatic rings. The second-order valence-electron chi connectivity index (χ2n) is 4.27. The Bertz CT molecular complexity index is 502. The molecule has 6 heteroatoms. The van der Waals surface area contributed by atoms with Gasteiger partial charge in [-0.1, -0.05) is 19.1 Å². The molecule has 0 fully saturated rings. The van der Waals surface area contributed by atoms with E-state index in [0.717, 1.165) is 17.7 Å². The highest BCUT2D eigenvalue weighted by molar-refractivity contribution is 7.07. The van der Waals surface area contributed by atoms with Gasteiger partial charge in [-0.15, -0.1) is 11.3 Å². The summed E-state index contributed by atoms with van der Waals surface area (Å²) in [5, 5.41) is 5.40. The second kappa shape index (κ2) is 7.31. The molecule has 0 bridgehead atoms. The fourth-order valence-electron chi connectivity index (χ4n) is 1.93. The molecule has 108 valence electrons. The molecule has 0 radical (unpaired) electrons. The van der Waals surface area contributed by atoms with Crippen LogP contribution in [0.15, 0.2) is 35.2 Å². The lowest BCUT2D eigenvalue weighted by molar-refractivity contribution is -0.0498. The molecule has 1 aromatic carbocycles. The van der Waals surface area contributed by atoms with E-state index in [1.807, 2.05) is 5.38 Å². The molecule has 0 aliphatic carbocycles. The van der Waals surface area contributed by atoms with Crippen LogP contribution in [0.2, 0.25) is 0 Å². The zero-order chi connectivity index (χ0) is 14.4. The normalized spacial score (nSPS) is 12.6. The van der Waals surface area contributed by atoms with E-state index in [4.69, 9.17) is 0 Å². The molecular formula is C14H16F2N2OS. The second-order valence-corrected chi connectivity index (χ2v) is 4.99. The van der Waals surface area contributed by atoms with Gasteiger partial charge in [0.25, 0.3) is 0 Å². The number of benzene rings is 1. The molecule has 0 saturated carbocycles. The first-order valence-corrected chi connectivity index (χ1v) is 7.28. The third-order valence-electron chi connectivity index (χ3n) is 2.93. The van der Waals surface area contributed by atoms with Gasteiger partial charge in [0.05, 0.1) is 11.2 Å². The van der Waals surface area contributed by atoms with Crippen LogP contribution in [0.1, 0.15) is 30.6 Å². The van der Waals surface area contributed by atoms with E-state index in [0.29, 0.717) is 6.54 Å². The van der Waals surface area contributed by atoms with Crippen LogP contribution in [0, 0.1) is 0 Å². The van der Waals surface area contributed by atoms with Gasteiger partial charge in [-0.2, -0.15) is 8.78 Å². The topological polar surface area (TPSA) is 34.2 Å². The fraction of sp³-hybridized carbons (Fsp3) is 0.357. The van der Waals surface area contributed by atoms with Crippen LogP contribution in [-0.4, -0.2) is 11.6 Å². The van der Waals surface area contributed by atoms with Crippen LogP contribution in [-0.2, 0) is 6.54 Å². The number of nitrogens with zero attached hydrogens (tertiary/aromatic N) is 1. The molecule has 20 heavy (non-hydrogen) atoms. The summed E-state index contributed by atoms with van der Waals surface area (Å²) in [4.78, 5) is 4.22. The Kier molecular flexibility index (Phi) is 5.43.